The zero-order valence-electron chi connectivity index (χ0n) is 7.21. The molecule has 0 unspecified atom stereocenters. The fourth-order valence-corrected chi connectivity index (χ4v) is 0.946. The highest BCUT2D eigenvalue weighted by molar-refractivity contribution is 7.36. The van der Waals surface area contributed by atoms with Crippen LogP contribution in [-0.4, -0.2) is 6.61 Å². The van der Waals surface area contributed by atoms with Crippen molar-refractivity contribution in [1.29, 1.82) is 0 Å². The Labute approximate surface area is 69.2 Å². The summed E-state index contributed by atoms with van der Waals surface area (Å²) in [6.45, 7) is 2.45. The lowest BCUT2D eigenvalue weighted by atomic mass is 10.2. The maximum atomic E-state index is 9.85. The molecule has 0 spiro atoms. The molecule has 0 bridgehead atoms. The maximum absolute atomic E-state index is 9.85. The molecule has 0 amide bonds. The molecule has 0 aromatic carbocycles. The molecule has 0 rings (SSSR count). The summed E-state index contributed by atoms with van der Waals surface area (Å²) < 4.78 is 4.34. The Hall–Kier alpha value is 0.270. The van der Waals surface area contributed by atoms with Crippen molar-refractivity contribution in [2.24, 2.45) is 0 Å². The van der Waals surface area contributed by atoms with Gasteiger partial charge in [-0.1, -0.05) is 26.2 Å². The molecule has 4 nitrogen and oxygen atoms in total. The van der Waals surface area contributed by atoms with Gasteiger partial charge in [0.2, 0.25) is 0 Å². The van der Waals surface area contributed by atoms with E-state index in [0.29, 0.717) is 6.61 Å². The average Bonchev–Trinajstić information content (AvgIpc) is 1.87. The van der Waals surface area contributed by atoms with Crippen molar-refractivity contribution in [1.82, 2.24) is 6.15 Å². The van der Waals surface area contributed by atoms with E-state index < -0.39 is 8.60 Å². The summed E-state index contributed by atoms with van der Waals surface area (Å²) in [6.07, 6.45) is 4.21. The van der Waals surface area contributed by atoms with E-state index in [1.54, 1.807) is 0 Å². The van der Waals surface area contributed by atoms with Crippen LogP contribution in [0.3, 0.4) is 0 Å². The molecule has 0 heterocycles. The molecule has 4 N–H and O–H groups in total. The van der Waals surface area contributed by atoms with Crippen LogP contribution in [0.4, 0.5) is 0 Å². The van der Waals surface area contributed by atoms with Crippen LogP contribution >= 0.6 is 8.60 Å². The Bertz CT molecular complexity index is 72.8. The summed E-state index contributed by atoms with van der Waals surface area (Å²) in [7, 11) is -2.62. The molecule has 0 saturated heterocycles. The van der Waals surface area contributed by atoms with Gasteiger partial charge in [0.05, 0.1) is 0 Å². The summed E-state index contributed by atoms with van der Waals surface area (Å²) in [5.41, 5.74) is 0. The first-order chi connectivity index (χ1) is 4.77. The van der Waals surface area contributed by atoms with Gasteiger partial charge < -0.3 is 20.5 Å². The van der Waals surface area contributed by atoms with Crippen LogP contribution in [0, 0.1) is 0 Å². The average molecular weight is 182 g/mol. The van der Waals surface area contributed by atoms with Crippen LogP contribution in [-0.2, 0) is 4.52 Å². The van der Waals surface area contributed by atoms with E-state index in [1.807, 2.05) is 0 Å². The topological polar surface area (TPSA) is 91.8 Å². The molecule has 70 valence electrons. The molecular formula is C6H17NO3P-. The lowest BCUT2D eigenvalue weighted by Crippen LogP contribution is -2.11. The minimum Gasteiger partial charge on any atom is -0.820 e. The highest BCUT2D eigenvalue weighted by Crippen LogP contribution is 2.13. The number of quaternary nitrogens is 1. The summed E-state index contributed by atoms with van der Waals surface area (Å²) in [4.78, 5) is 19.7. The van der Waals surface area contributed by atoms with Gasteiger partial charge in [0.1, 0.15) is 0 Å². The molecule has 0 fully saturated rings. The van der Waals surface area contributed by atoms with Crippen molar-refractivity contribution in [3.05, 3.63) is 0 Å². The highest BCUT2D eigenvalue weighted by atomic mass is 31.2. The molecule has 0 aromatic rings. The zero-order valence-corrected chi connectivity index (χ0v) is 8.10. The molecule has 0 aliphatic heterocycles. The van der Waals surface area contributed by atoms with E-state index >= 15 is 0 Å². The Balaban J connectivity index is 0. The Kier molecular flexibility index (Phi) is 12.9. The minimum atomic E-state index is -2.62. The summed E-state index contributed by atoms with van der Waals surface area (Å²) in [5, 5.41) is 0. The predicted molar refractivity (Wildman–Crippen MR) is 43.0 cm³/mol. The first-order valence-electron chi connectivity index (χ1n) is 3.54. The van der Waals surface area contributed by atoms with Crippen LogP contribution in [0.5, 0.6) is 0 Å². The molecule has 0 saturated carbocycles. The molecule has 0 radical (unpaired) electrons. The lowest BCUT2D eigenvalue weighted by Gasteiger charge is -2.28. The van der Waals surface area contributed by atoms with Crippen LogP contribution in [0.15, 0.2) is 0 Å². The normalized spacial score (nSPS) is 9.82. The second-order valence-electron chi connectivity index (χ2n) is 2.12. The van der Waals surface area contributed by atoms with Gasteiger partial charge in [-0.2, -0.15) is 8.60 Å². The lowest BCUT2D eigenvalue weighted by molar-refractivity contribution is -0.318. The van der Waals surface area contributed by atoms with Crippen molar-refractivity contribution in [3.63, 3.8) is 0 Å². The van der Waals surface area contributed by atoms with E-state index in [-0.39, 0.29) is 6.15 Å². The van der Waals surface area contributed by atoms with Gasteiger partial charge in [0.15, 0.2) is 0 Å². The van der Waals surface area contributed by atoms with Gasteiger partial charge in [0.25, 0.3) is 0 Å². The van der Waals surface area contributed by atoms with Crippen LogP contribution in [0.1, 0.15) is 32.6 Å². The summed E-state index contributed by atoms with van der Waals surface area (Å²) >= 11 is 0. The second kappa shape index (κ2) is 10.3. The second-order valence-corrected chi connectivity index (χ2v) is 2.82. The van der Waals surface area contributed by atoms with Gasteiger partial charge in [-0.3, -0.25) is 0 Å². The van der Waals surface area contributed by atoms with Gasteiger partial charge in [0, 0.05) is 6.61 Å². The van der Waals surface area contributed by atoms with E-state index in [9.17, 15) is 9.79 Å². The number of rotatable bonds is 6. The number of unbranched alkanes of at least 4 members (excludes halogenated alkanes) is 3. The van der Waals surface area contributed by atoms with Gasteiger partial charge in [-0.25, -0.2) is 0 Å². The third-order valence-corrected chi connectivity index (χ3v) is 1.59. The fraction of sp³-hybridized carbons (Fsp3) is 1.00. The fourth-order valence-electron chi connectivity index (χ4n) is 0.668. The molecule has 0 aliphatic carbocycles. The predicted octanol–water partition coefficient (Wildman–Crippen LogP) is 0.907. The standard InChI is InChI=1S/C6H13O3P.H3N/c1-2-3-4-5-6-9-10(7)8;/h2-6H2,1H3;1H3/q-2;/p+1. The molecule has 0 aliphatic rings. The third kappa shape index (κ3) is 13.3. The highest BCUT2D eigenvalue weighted by Gasteiger charge is 1.85. The van der Waals surface area contributed by atoms with E-state index in [4.69, 9.17) is 0 Å². The molecule has 11 heavy (non-hydrogen) atoms. The molecule has 5 heteroatoms. The van der Waals surface area contributed by atoms with Gasteiger partial charge in [-0.15, -0.1) is 0 Å². The van der Waals surface area contributed by atoms with E-state index in [1.165, 1.54) is 0 Å². The minimum absolute atomic E-state index is 0. The van der Waals surface area contributed by atoms with Gasteiger partial charge in [-0.05, 0) is 6.42 Å². The number of hydrogen-bond donors (Lipinski definition) is 1. The largest absolute Gasteiger partial charge is 0.820 e. The Morgan fingerprint density at radius 1 is 1.18 bits per heavy atom. The first-order valence-corrected chi connectivity index (χ1v) is 4.64. The maximum Gasteiger partial charge on any atom is 0.0476 e. The van der Waals surface area contributed by atoms with Crippen molar-refractivity contribution in [2.75, 3.05) is 6.61 Å². The quantitative estimate of drug-likeness (QED) is 0.488. The van der Waals surface area contributed by atoms with Crippen molar-refractivity contribution < 1.29 is 14.3 Å². The molecule has 0 atom stereocenters. The smallest absolute Gasteiger partial charge is 0.0476 e. The van der Waals surface area contributed by atoms with Crippen LogP contribution in [0.25, 0.3) is 0 Å². The van der Waals surface area contributed by atoms with Crippen LogP contribution in [0.2, 0.25) is 0 Å². The SMILES string of the molecule is CCCCCCOP([O-])[O-].[NH4+]. The summed E-state index contributed by atoms with van der Waals surface area (Å²) in [5.74, 6) is 0. The molecule has 0 aromatic heterocycles. The van der Waals surface area contributed by atoms with Crippen molar-refractivity contribution in [3.8, 4) is 0 Å². The Morgan fingerprint density at radius 2 is 1.82 bits per heavy atom. The first kappa shape index (κ1) is 13.8. The van der Waals surface area contributed by atoms with Crippen molar-refractivity contribution >= 4 is 8.60 Å². The number of hydrogen-bond acceptors (Lipinski definition) is 3. The van der Waals surface area contributed by atoms with E-state index in [2.05, 4.69) is 11.4 Å². The summed E-state index contributed by atoms with van der Waals surface area (Å²) in [6, 6.07) is 0. The van der Waals surface area contributed by atoms with Gasteiger partial charge >= 0.3 is 0 Å². The zero-order chi connectivity index (χ0) is 7.82. The van der Waals surface area contributed by atoms with Crippen LogP contribution < -0.4 is 15.9 Å². The van der Waals surface area contributed by atoms with Crippen molar-refractivity contribution in [2.45, 2.75) is 32.6 Å². The Morgan fingerprint density at radius 3 is 2.27 bits per heavy atom. The third-order valence-electron chi connectivity index (χ3n) is 1.19. The molecular weight excluding hydrogens is 165 g/mol. The van der Waals surface area contributed by atoms with E-state index in [0.717, 1.165) is 25.7 Å². The monoisotopic (exact) mass is 182 g/mol.